The summed E-state index contributed by atoms with van der Waals surface area (Å²) >= 11 is 0. The number of hydrogen-bond donors (Lipinski definition) is 6. The molecule has 10 nitrogen and oxygen atoms in total. The maximum atomic E-state index is 13.5. The zero-order valence-electron chi connectivity index (χ0n) is 29.5. The first-order valence-electron chi connectivity index (χ1n) is 18.0. The number of phenols is 2. The van der Waals surface area contributed by atoms with Gasteiger partial charge in [-0.05, 0) is 55.4 Å². The number of aryl methyl sites for hydroxylation is 2. The highest BCUT2D eigenvalue weighted by Crippen LogP contribution is 2.25. The van der Waals surface area contributed by atoms with Crippen LogP contribution in [-0.4, -0.2) is 33.8 Å². The molecule has 4 amide bonds. The van der Waals surface area contributed by atoms with E-state index in [-0.39, 0.29) is 22.6 Å². The van der Waals surface area contributed by atoms with Gasteiger partial charge in [-0.15, -0.1) is 0 Å². The lowest BCUT2D eigenvalue weighted by molar-refractivity contribution is -0.135. The van der Waals surface area contributed by atoms with Gasteiger partial charge in [0.2, 0.25) is 11.8 Å². The molecular weight excluding hydrogens is 608 g/mol. The second-order valence-corrected chi connectivity index (χ2v) is 12.7. The van der Waals surface area contributed by atoms with E-state index in [1.807, 2.05) is 0 Å². The molecule has 266 valence electrons. The van der Waals surface area contributed by atoms with Gasteiger partial charge >= 0.3 is 0 Å². The quantitative estimate of drug-likeness (QED) is 0.0612. The first-order chi connectivity index (χ1) is 23.2. The predicted molar refractivity (Wildman–Crippen MR) is 189 cm³/mol. The lowest BCUT2D eigenvalue weighted by atomic mass is 9.87. The SMILES string of the molecule is CCCCCCCC(C(=O)NNC(=O)c1c(O)cccc1CCCCCC)C(C)C(=O)NNC(=O)c1c(O)cccc1CCCCCC. The third-order valence-electron chi connectivity index (χ3n) is 8.88. The van der Waals surface area contributed by atoms with Gasteiger partial charge in [-0.1, -0.05) is 123 Å². The third-order valence-corrected chi connectivity index (χ3v) is 8.88. The summed E-state index contributed by atoms with van der Waals surface area (Å²) in [6.45, 7) is 7.97. The van der Waals surface area contributed by atoms with Crippen molar-refractivity contribution in [2.45, 2.75) is 130 Å². The number of aromatic hydroxyl groups is 2. The minimum absolute atomic E-state index is 0.115. The first-order valence-corrected chi connectivity index (χ1v) is 18.0. The average molecular weight is 667 g/mol. The summed E-state index contributed by atoms with van der Waals surface area (Å²) in [5.74, 6) is -4.38. The molecule has 0 spiro atoms. The van der Waals surface area contributed by atoms with E-state index in [1.54, 1.807) is 31.2 Å². The van der Waals surface area contributed by atoms with Gasteiger partial charge in [0.15, 0.2) is 0 Å². The summed E-state index contributed by atoms with van der Waals surface area (Å²) in [6.07, 6.45) is 14.5. The molecule has 0 aliphatic rings. The Morgan fingerprint density at radius 2 is 0.979 bits per heavy atom. The van der Waals surface area contributed by atoms with Gasteiger partial charge in [0, 0.05) is 5.92 Å². The van der Waals surface area contributed by atoms with Gasteiger partial charge in [-0.3, -0.25) is 40.9 Å². The molecule has 2 atom stereocenters. The molecule has 0 saturated carbocycles. The number of unbranched alkanes of at least 4 members (excludes halogenated alkanes) is 10. The molecule has 2 aromatic rings. The fourth-order valence-corrected chi connectivity index (χ4v) is 5.93. The van der Waals surface area contributed by atoms with Gasteiger partial charge in [0.25, 0.3) is 11.8 Å². The third kappa shape index (κ3) is 13.2. The minimum atomic E-state index is -0.856. The Morgan fingerprint density at radius 3 is 1.44 bits per heavy atom. The number of phenolic OH excluding ortho intramolecular Hbond substituents is 2. The normalized spacial score (nSPS) is 12.2. The number of rotatable bonds is 21. The molecule has 48 heavy (non-hydrogen) atoms. The van der Waals surface area contributed by atoms with E-state index in [2.05, 4.69) is 42.5 Å². The summed E-state index contributed by atoms with van der Waals surface area (Å²) < 4.78 is 0. The summed E-state index contributed by atoms with van der Waals surface area (Å²) in [6, 6.07) is 9.86. The van der Waals surface area contributed by atoms with Gasteiger partial charge in [-0.25, -0.2) is 0 Å². The van der Waals surface area contributed by atoms with Crippen LogP contribution in [0, 0.1) is 11.8 Å². The van der Waals surface area contributed by atoms with Gasteiger partial charge in [0.1, 0.15) is 11.5 Å². The van der Waals surface area contributed by atoms with Crippen molar-refractivity contribution in [1.82, 2.24) is 21.7 Å². The Bertz CT molecular complexity index is 1310. The highest BCUT2D eigenvalue weighted by atomic mass is 16.3. The Kier molecular flexibility index (Phi) is 18.8. The van der Waals surface area contributed by atoms with Crippen molar-refractivity contribution in [1.29, 1.82) is 0 Å². The zero-order chi connectivity index (χ0) is 35.3. The molecule has 0 fully saturated rings. The van der Waals surface area contributed by atoms with Crippen molar-refractivity contribution >= 4 is 23.6 Å². The van der Waals surface area contributed by atoms with Crippen LogP contribution in [0.3, 0.4) is 0 Å². The molecule has 0 aliphatic heterocycles. The van der Waals surface area contributed by atoms with Crippen LogP contribution in [-0.2, 0) is 22.4 Å². The number of benzene rings is 2. The molecular formula is C38H58N4O6. The number of hydrazine groups is 2. The number of carbonyl (C=O) groups is 4. The van der Waals surface area contributed by atoms with E-state index in [4.69, 9.17) is 0 Å². The molecule has 10 heteroatoms. The van der Waals surface area contributed by atoms with Gasteiger partial charge < -0.3 is 10.2 Å². The van der Waals surface area contributed by atoms with E-state index in [0.29, 0.717) is 36.8 Å². The van der Waals surface area contributed by atoms with Crippen molar-refractivity contribution in [2.75, 3.05) is 0 Å². The van der Waals surface area contributed by atoms with E-state index in [9.17, 15) is 29.4 Å². The van der Waals surface area contributed by atoms with Crippen molar-refractivity contribution in [3.63, 3.8) is 0 Å². The maximum absolute atomic E-state index is 13.5. The van der Waals surface area contributed by atoms with Crippen LogP contribution in [0.15, 0.2) is 36.4 Å². The molecule has 6 N–H and O–H groups in total. The Hall–Kier alpha value is -4.08. The van der Waals surface area contributed by atoms with E-state index in [0.717, 1.165) is 77.0 Å². The van der Waals surface area contributed by atoms with Crippen molar-refractivity contribution < 1.29 is 29.4 Å². The van der Waals surface area contributed by atoms with Crippen LogP contribution in [0.25, 0.3) is 0 Å². The fraction of sp³-hybridized carbons (Fsp3) is 0.579. The van der Waals surface area contributed by atoms with Crippen molar-refractivity contribution in [3.8, 4) is 11.5 Å². The Balaban J connectivity index is 2.10. The largest absolute Gasteiger partial charge is 0.507 e. The lowest BCUT2D eigenvalue weighted by Crippen LogP contribution is -2.50. The van der Waals surface area contributed by atoms with Crippen LogP contribution in [0.5, 0.6) is 11.5 Å². The number of amides is 4. The molecule has 0 radical (unpaired) electrons. The van der Waals surface area contributed by atoms with E-state index < -0.39 is 35.5 Å². The summed E-state index contributed by atoms with van der Waals surface area (Å²) in [5.41, 5.74) is 11.4. The number of nitrogens with one attached hydrogen (secondary N) is 4. The van der Waals surface area contributed by atoms with Crippen molar-refractivity contribution in [2.24, 2.45) is 11.8 Å². The van der Waals surface area contributed by atoms with Crippen LogP contribution < -0.4 is 21.7 Å². The highest BCUT2D eigenvalue weighted by molar-refractivity contribution is 6.00. The standard InChI is InChI=1S/C38H58N4O6/c1-5-8-11-14-17-24-30(36(46)40-42-38(48)34-29(21-16-13-10-7-3)23-19-26-32(34)44)27(4)35(45)39-41-37(47)33-28(20-15-12-9-6-2)22-18-25-31(33)43/h18-19,22-23,25-27,30,43-44H,5-17,20-21,24H2,1-4H3,(H,39,45)(H,40,46)(H,41,47)(H,42,48). The Labute approximate surface area is 286 Å². The highest BCUT2D eigenvalue weighted by Gasteiger charge is 2.31. The van der Waals surface area contributed by atoms with E-state index in [1.165, 1.54) is 12.1 Å². The summed E-state index contributed by atoms with van der Waals surface area (Å²) in [4.78, 5) is 53.0. The van der Waals surface area contributed by atoms with Crippen LogP contribution >= 0.6 is 0 Å². The Morgan fingerprint density at radius 1 is 0.562 bits per heavy atom. The molecule has 0 aliphatic carbocycles. The topological polar surface area (TPSA) is 157 Å². The molecule has 0 aromatic heterocycles. The van der Waals surface area contributed by atoms with Crippen molar-refractivity contribution in [3.05, 3.63) is 58.7 Å². The fourth-order valence-electron chi connectivity index (χ4n) is 5.93. The summed E-state index contributed by atoms with van der Waals surface area (Å²) in [7, 11) is 0. The number of carbonyl (C=O) groups excluding carboxylic acids is 4. The van der Waals surface area contributed by atoms with Crippen LogP contribution in [0.1, 0.15) is 149 Å². The molecule has 0 bridgehead atoms. The van der Waals surface area contributed by atoms with Crippen LogP contribution in [0.2, 0.25) is 0 Å². The molecule has 0 saturated heterocycles. The molecule has 2 aromatic carbocycles. The second-order valence-electron chi connectivity index (χ2n) is 12.7. The average Bonchev–Trinajstić information content (AvgIpc) is 3.07. The summed E-state index contributed by atoms with van der Waals surface area (Å²) in [5, 5.41) is 21.0. The predicted octanol–water partition coefficient (Wildman–Crippen LogP) is 7.18. The second kappa shape index (κ2) is 22.5. The molecule has 0 heterocycles. The monoisotopic (exact) mass is 666 g/mol. The number of hydrogen-bond acceptors (Lipinski definition) is 6. The zero-order valence-corrected chi connectivity index (χ0v) is 29.5. The molecule has 2 rings (SSSR count). The van der Waals surface area contributed by atoms with Crippen LogP contribution in [0.4, 0.5) is 0 Å². The van der Waals surface area contributed by atoms with Gasteiger partial charge in [0.05, 0.1) is 17.0 Å². The first kappa shape index (κ1) is 40.1. The minimum Gasteiger partial charge on any atom is -0.507 e. The smallest absolute Gasteiger partial charge is 0.273 e. The molecule has 2 unspecified atom stereocenters. The maximum Gasteiger partial charge on any atom is 0.273 e. The lowest BCUT2D eigenvalue weighted by Gasteiger charge is -2.23. The van der Waals surface area contributed by atoms with E-state index >= 15 is 0 Å². The van der Waals surface area contributed by atoms with Gasteiger partial charge in [-0.2, -0.15) is 0 Å².